The van der Waals surface area contributed by atoms with Crippen molar-refractivity contribution in [3.05, 3.63) is 47.1 Å². The number of anilines is 2. The largest absolute Gasteiger partial charge is 0.480 e. The summed E-state index contributed by atoms with van der Waals surface area (Å²) in [4.78, 5) is 26.0. The third kappa shape index (κ3) is 6.27. The minimum absolute atomic E-state index is 0.195. The number of hydrogen-bond donors (Lipinski definition) is 1. The molecule has 0 saturated heterocycles. The molecule has 1 fully saturated rings. The first-order valence-electron chi connectivity index (χ1n) is 10.0. The van der Waals surface area contributed by atoms with E-state index in [1.54, 1.807) is 12.1 Å². The van der Waals surface area contributed by atoms with E-state index in [1.807, 2.05) is 19.1 Å². The molecule has 3 rings (SSSR count). The standard InChI is InChI=1S/C22H26FNO5S/c1-15-8-9-20(30-15)24(19-7-3-6-18(23)11-19)22(27)29-13-17-5-2-4-16(10-17)12-28-14-21(25)26/h3,6-9,11,16-17H,2,4-5,10,12-14H2,1H3,(H,25,26). The maximum Gasteiger partial charge on any atom is 0.419 e. The van der Waals surface area contributed by atoms with Crippen molar-refractivity contribution in [2.75, 3.05) is 24.7 Å². The number of halogens is 1. The Labute approximate surface area is 179 Å². The van der Waals surface area contributed by atoms with Crippen LogP contribution in [0.1, 0.15) is 30.6 Å². The normalized spacial score (nSPS) is 18.7. The highest BCUT2D eigenvalue weighted by Crippen LogP contribution is 2.34. The van der Waals surface area contributed by atoms with Gasteiger partial charge in [0.15, 0.2) is 0 Å². The Kier molecular flexibility index (Phi) is 7.81. The average molecular weight is 436 g/mol. The molecule has 1 aromatic heterocycles. The predicted molar refractivity (Wildman–Crippen MR) is 113 cm³/mol. The molecule has 1 N–H and O–H groups in total. The minimum atomic E-state index is -0.974. The smallest absolute Gasteiger partial charge is 0.419 e. The average Bonchev–Trinajstić information content (AvgIpc) is 3.12. The number of thiophene rings is 1. The van der Waals surface area contributed by atoms with Gasteiger partial charge in [-0.25, -0.2) is 18.9 Å². The van der Waals surface area contributed by atoms with Crippen LogP contribution in [0.4, 0.5) is 19.9 Å². The van der Waals surface area contributed by atoms with Gasteiger partial charge < -0.3 is 14.6 Å². The van der Waals surface area contributed by atoms with Gasteiger partial charge in [-0.1, -0.05) is 12.5 Å². The van der Waals surface area contributed by atoms with Crippen LogP contribution in [0.25, 0.3) is 0 Å². The fourth-order valence-electron chi connectivity index (χ4n) is 3.75. The lowest BCUT2D eigenvalue weighted by atomic mass is 9.82. The Morgan fingerprint density at radius 3 is 2.63 bits per heavy atom. The summed E-state index contributed by atoms with van der Waals surface area (Å²) in [5.41, 5.74) is 0.422. The molecule has 2 aromatic rings. The Balaban J connectivity index is 1.61. The summed E-state index contributed by atoms with van der Waals surface area (Å²) in [6.45, 7) is 2.32. The first-order chi connectivity index (χ1) is 14.4. The van der Waals surface area contributed by atoms with Gasteiger partial charge in [0.05, 0.1) is 18.9 Å². The fraction of sp³-hybridized carbons (Fsp3) is 0.455. The summed E-state index contributed by atoms with van der Waals surface area (Å²) in [7, 11) is 0. The predicted octanol–water partition coefficient (Wildman–Crippen LogP) is 5.38. The van der Waals surface area contributed by atoms with Gasteiger partial charge in [0.1, 0.15) is 17.4 Å². The Hall–Kier alpha value is -2.45. The second-order valence-corrected chi connectivity index (χ2v) is 8.85. The van der Waals surface area contributed by atoms with Gasteiger partial charge >= 0.3 is 12.1 Å². The summed E-state index contributed by atoms with van der Waals surface area (Å²) in [5.74, 6) is -0.936. The molecule has 0 aliphatic heterocycles. The summed E-state index contributed by atoms with van der Waals surface area (Å²) >= 11 is 1.44. The first kappa shape index (κ1) is 22.2. The van der Waals surface area contributed by atoms with Crippen molar-refractivity contribution >= 4 is 34.1 Å². The monoisotopic (exact) mass is 435 g/mol. The van der Waals surface area contributed by atoms with Crippen LogP contribution in [0, 0.1) is 24.6 Å². The van der Waals surface area contributed by atoms with E-state index in [0.29, 0.717) is 17.3 Å². The summed E-state index contributed by atoms with van der Waals surface area (Å²) < 4.78 is 24.6. The number of nitrogens with zero attached hydrogens (tertiary/aromatic N) is 1. The Bertz CT molecular complexity index is 871. The zero-order valence-electron chi connectivity index (χ0n) is 16.9. The van der Waals surface area contributed by atoms with Gasteiger partial charge in [0, 0.05) is 4.88 Å². The highest BCUT2D eigenvalue weighted by atomic mass is 32.1. The van der Waals surface area contributed by atoms with Crippen LogP contribution in [0.3, 0.4) is 0 Å². The van der Waals surface area contributed by atoms with Gasteiger partial charge in [-0.3, -0.25) is 0 Å². The SMILES string of the molecule is Cc1ccc(N(C(=O)OCC2CCCC(COCC(=O)O)C2)c2cccc(F)c2)s1. The molecule has 1 aromatic carbocycles. The molecular weight excluding hydrogens is 409 g/mol. The molecule has 2 unspecified atom stereocenters. The molecule has 1 aliphatic carbocycles. The second-order valence-electron chi connectivity index (χ2n) is 7.58. The lowest BCUT2D eigenvalue weighted by Gasteiger charge is -2.29. The molecule has 1 amide bonds. The minimum Gasteiger partial charge on any atom is -0.480 e. The van der Waals surface area contributed by atoms with Gasteiger partial charge in [-0.2, -0.15) is 0 Å². The molecule has 0 spiro atoms. The molecule has 0 bridgehead atoms. The number of carboxylic acids is 1. The highest BCUT2D eigenvalue weighted by Gasteiger charge is 2.26. The third-order valence-corrected chi connectivity index (χ3v) is 6.09. The van der Waals surface area contributed by atoms with E-state index in [0.717, 1.165) is 30.6 Å². The van der Waals surface area contributed by atoms with E-state index in [4.69, 9.17) is 14.6 Å². The number of ether oxygens (including phenoxy) is 2. The molecular formula is C22H26FNO5S. The van der Waals surface area contributed by atoms with Gasteiger partial charge in [0.25, 0.3) is 0 Å². The quantitative estimate of drug-likeness (QED) is 0.603. The van der Waals surface area contributed by atoms with E-state index < -0.39 is 17.9 Å². The van der Waals surface area contributed by atoms with E-state index in [9.17, 15) is 14.0 Å². The van der Waals surface area contributed by atoms with Crippen LogP contribution in [0.2, 0.25) is 0 Å². The number of carbonyl (C=O) groups excluding carboxylic acids is 1. The lowest BCUT2D eigenvalue weighted by Crippen LogP contribution is -2.30. The highest BCUT2D eigenvalue weighted by molar-refractivity contribution is 7.16. The second kappa shape index (κ2) is 10.5. The van der Waals surface area contributed by atoms with Gasteiger partial charge in [-0.15, -0.1) is 11.3 Å². The van der Waals surface area contributed by atoms with Crippen molar-refractivity contribution in [3.8, 4) is 0 Å². The number of carbonyl (C=O) groups is 2. The third-order valence-electron chi connectivity index (χ3n) is 5.11. The zero-order valence-corrected chi connectivity index (χ0v) is 17.7. The molecule has 1 aliphatic rings. The molecule has 6 nitrogen and oxygen atoms in total. The number of rotatable bonds is 8. The van der Waals surface area contributed by atoms with Crippen molar-refractivity contribution in [2.45, 2.75) is 32.6 Å². The van der Waals surface area contributed by atoms with Crippen LogP contribution < -0.4 is 4.90 Å². The van der Waals surface area contributed by atoms with Crippen molar-refractivity contribution < 1.29 is 28.6 Å². The van der Waals surface area contributed by atoms with Gasteiger partial charge in [0.2, 0.25) is 0 Å². The van der Waals surface area contributed by atoms with Crippen molar-refractivity contribution in [1.82, 2.24) is 0 Å². The summed E-state index contributed by atoms with van der Waals surface area (Å²) in [6, 6.07) is 9.61. The van der Waals surface area contributed by atoms with Crippen molar-refractivity contribution in [3.63, 3.8) is 0 Å². The van der Waals surface area contributed by atoms with E-state index in [-0.39, 0.29) is 25.0 Å². The van der Waals surface area contributed by atoms with Crippen LogP contribution in [-0.2, 0) is 14.3 Å². The topological polar surface area (TPSA) is 76.1 Å². The first-order valence-corrected chi connectivity index (χ1v) is 10.8. The zero-order chi connectivity index (χ0) is 21.5. The molecule has 0 radical (unpaired) electrons. The number of carboxylic acid groups (broad SMARTS) is 1. The summed E-state index contributed by atoms with van der Waals surface area (Å²) in [5, 5.41) is 9.36. The number of benzene rings is 1. The van der Waals surface area contributed by atoms with E-state index in [2.05, 4.69) is 0 Å². The number of aryl methyl sites for hydroxylation is 1. The molecule has 1 heterocycles. The fourth-order valence-corrected chi connectivity index (χ4v) is 4.62. The number of aliphatic carboxylic acids is 1. The van der Waals surface area contributed by atoms with E-state index >= 15 is 0 Å². The molecule has 2 atom stereocenters. The van der Waals surface area contributed by atoms with Crippen LogP contribution in [-0.4, -0.2) is 37.0 Å². The molecule has 162 valence electrons. The molecule has 8 heteroatoms. The number of hydrogen-bond acceptors (Lipinski definition) is 5. The maximum absolute atomic E-state index is 13.8. The Morgan fingerprint density at radius 2 is 1.97 bits per heavy atom. The summed E-state index contributed by atoms with van der Waals surface area (Å²) in [6.07, 6.45) is 3.20. The maximum atomic E-state index is 13.8. The number of amides is 1. The van der Waals surface area contributed by atoms with Crippen molar-refractivity contribution in [2.24, 2.45) is 11.8 Å². The van der Waals surface area contributed by atoms with Crippen LogP contribution in [0.15, 0.2) is 36.4 Å². The van der Waals surface area contributed by atoms with Crippen LogP contribution >= 0.6 is 11.3 Å². The Morgan fingerprint density at radius 1 is 1.20 bits per heavy atom. The van der Waals surface area contributed by atoms with Crippen LogP contribution in [0.5, 0.6) is 0 Å². The molecule has 30 heavy (non-hydrogen) atoms. The van der Waals surface area contributed by atoms with Gasteiger partial charge in [-0.05, 0) is 68.4 Å². The van der Waals surface area contributed by atoms with Crippen molar-refractivity contribution in [1.29, 1.82) is 0 Å². The van der Waals surface area contributed by atoms with E-state index in [1.165, 1.54) is 28.4 Å². The molecule has 1 saturated carbocycles. The lowest BCUT2D eigenvalue weighted by molar-refractivity contribution is -0.142.